The Kier molecular flexibility index (Phi) is 5.96. The molecule has 0 radical (unpaired) electrons. The molecule has 5 heteroatoms. The van der Waals surface area contributed by atoms with Crippen LogP contribution in [0.3, 0.4) is 0 Å². The highest BCUT2D eigenvalue weighted by Crippen LogP contribution is 2.11. The second-order valence-corrected chi connectivity index (χ2v) is 5.47. The van der Waals surface area contributed by atoms with E-state index in [9.17, 15) is 4.39 Å². The minimum atomic E-state index is -0.287. The first-order valence-corrected chi connectivity index (χ1v) is 7.47. The molecule has 0 aliphatic rings. The third-order valence-electron chi connectivity index (χ3n) is 2.92. The predicted octanol–water partition coefficient (Wildman–Crippen LogP) is 4.40. The summed E-state index contributed by atoms with van der Waals surface area (Å²) in [6, 6.07) is 14.0. The third kappa shape index (κ3) is 5.69. The highest BCUT2D eigenvalue weighted by molar-refractivity contribution is 7.80. The zero-order chi connectivity index (χ0) is 15.1. The molecule has 0 bridgehead atoms. The summed E-state index contributed by atoms with van der Waals surface area (Å²) < 4.78 is 13.0. The fourth-order valence-corrected chi connectivity index (χ4v) is 2.23. The number of nitrogens with one attached hydrogen (secondary N) is 2. The normalized spacial score (nSPS) is 10.2. The van der Waals surface area contributed by atoms with Crippen LogP contribution in [0.1, 0.15) is 12.0 Å². The van der Waals surface area contributed by atoms with Crippen molar-refractivity contribution in [3.05, 3.63) is 64.9 Å². The number of hydrogen-bond donors (Lipinski definition) is 2. The van der Waals surface area contributed by atoms with Crippen LogP contribution < -0.4 is 10.6 Å². The van der Waals surface area contributed by atoms with E-state index in [1.807, 2.05) is 24.3 Å². The molecule has 2 rings (SSSR count). The Balaban J connectivity index is 1.68. The summed E-state index contributed by atoms with van der Waals surface area (Å²) in [5, 5.41) is 7.30. The number of thiocarbonyl (C=S) groups is 1. The maximum absolute atomic E-state index is 13.0. The lowest BCUT2D eigenvalue weighted by atomic mass is 10.1. The topological polar surface area (TPSA) is 24.1 Å². The molecule has 0 saturated heterocycles. The molecule has 21 heavy (non-hydrogen) atoms. The number of aryl methyl sites for hydroxylation is 1. The van der Waals surface area contributed by atoms with Crippen molar-refractivity contribution >= 4 is 34.6 Å². The molecule has 2 N–H and O–H groups in total. The van der Waals surface area contributed by atoms with Gasteiger partial charge in [0.1, 0.15) is 5.82 Å². The van der Waals surface area contributed by atoms with Gasteiger partial charge in [-0.2, -0.15) is 0 Å². The molecule has 0 aliphatic heterocycles. The van der Waals surface area contributed by atoms with Gasteiger partial charge in [-0.1, -0.05) is 29.8 Å². The highest BCUT2D eigenvalue weighted by Gasteiger charge is 1.99. The first kappa shape index (κ1) is 15.7. The Labute approximate surface area is 134 Å². The van der Waals surface area contributed by atoms with E-state index >= 15 is 0 Å². The van der Waals surface area contributed by atoms with Gasteiger partial charge in [0.15, 0.2) is 5.11 Å². The van der Waals surface area contributed by atoms with E-state index in [1.54, 1.807) is 12.1 Å². The van der Waals surface area contributed by atoms with Crippen molar-refractivity contribution in [2.24, 2.45) is 0 Å². The summed E-state index contributed by atoms with van der Waals surface area (Å²) in [7, 11) is 0. The van der Waals surface area contributed by atoms with Gasteiger partial charge in [-0.25, -0.2) is 4.39 Å². The molecule has 0 aliphatic carbocycles. The lowest BCUT2D eigenvalue weighted by molar-refractivity contribution is 0.628. The average molecular weight is 323 g/mol. The van der Waals surface area contributed by atoms with Crippen LogP contribution in [0.5, 0.6) is 0 Å². The van der Waals surface area contributed by atoms with Gasteiger partial charge in [-0.3, -0.25) is 0 Å². The van der Waals surface area contributed by atoms with Crippen molar-refractivity contribution in [2.75, 3.05) is 11.9 Å². The zero-order valence-electron chi connectivity index (χ0n) is 11.4. The number of rotatable bonds is 5. The minimum absolute atomic E-state index is 0.287. The van der Waals surface area contributed by atoms with E-state index in [-0.39, 0.29) is 5.82 Å². The molecule has 0 fully saturated rings. The van der Waals surface area contributed by atoms with Crippen LogP contribution in [0.2, 0.25) is 5.02 Å². The van der Waals surface area contributed by atoms with Crippen LogP contribution in [0, 0.1) is 5.82 Å². The van der Waals surface area contributed by atoms with Gasteiger partial charge in [-0.05, 0) is 61.0 Å². The van der Waals surface area contributed by atoms with E-state index in [2.05, 4.69) is 10.6 Å². The van der Waals surface area contributed by atoms with Crippen LogP contribution in [0.4, 0.5) is 10.1 Å². The first-order chi connectivity index (χ1) is 10.1. The number of halogens is 2. The predicted molar refractivity (Wildman–Crippen MR) is 90.4 cm³/mol. The third-order valence-corrected chi connectivity index (χ3v) is 3.42. The van der Waals surface area contributed by atoms with Gasteiger partial charge in [0.25, 0.3) is 0 Å². The molecule has 2 aromatic rings. The number of benzene rings is 2. The summed E-state index contributed by atoms with van der Waals surface area (Å²) in [6.07, 6.45) is 1.90. The fraction of sp³-hybridized carbons (Fsp3) is 0.188. The average Bonchev–Trinajstić information content (AvgIpc) is 2.45. The lowest BCUT2D eigenvalue weighted by Gasteiger charge is -2.10. The van der Waals surface area contributed by atoms with E-state index < -0.39 is 0 Å². The molecular formula is C16H16ClFN2S. The van der Waals surface area contributed by atoms with Gasteiger partial charge >= 0.3 is 0 Å². The molecular weight excluding hydrogens is 307 g/mol. The quantitative estimate of drug-likeness (QED) is 0.630. The molecule has 0 unspecified atom stereocenters. The van der Waals surface area contributed by atoms with Gasteiger partial charge in [-0.15, -0.1) is 0 Å². The Bertz CT molecular complexity index is 601. The van der Waals surface area contributed by atoms with Crippen molar-refractivity contribution in [1.82, 2.24) is 5.32 Å². The molecule has 110 valence electrons. The molecule has 0 aromatic heterocycles. The zero-order valence-corrected chi connectivity index (χ0v) is 13.0. The van der Waals surface area contributed by atoms with Crippen molar-refractivity contribution in [3.63, 3.8) is 0 Å². The van der Waals surface area contributed by atoms with Crippen LogP contribution in [-0.4, -0.2) is 11.7 Å². The highest BCUT2D eigenvalue weighted by atomic mass is 35.5. The summed E-state index contributed by atoms with van der Waals surface area (Å²) >= 11 is 11.0. The second-order valence-electron chi connectivity index (χ2n) is 4.62. The van der Waals surface area contributed by atoms with Crippen LogP contribution in [-0.2, 0) is 6.42 Å². The molecule has 0 saturated carbocycles. The van der Waals surface area contributed by atoms with Gasteiger partial charge in [0.2, 0.25) is 0 Å². The summed E-state index contributed by atoms with van der Waals surface area (Å²) in [5.74, 6) is -0.287. The van der Waals surface area contributed by atoms with E-state index in [1.165, 1.54) is 17.7 Å². The summed E-state index contributed by atoms with van der Waals surface area (Å²) in [5.41, 5.74) is 1.88. The van der Waals surface area contributed by atoms with E-state index in [0.717, 1.165) is 24.4 Å². The van der Waals surface area contributed by atoms with Crippen LogP contribution >= 0.6 is 23.8 Å². The minimum Gasteiger partial charge on any atom is -0.362 e. The molecule has 2 nitrogen and oxygen atoms in total. The van der Waals surface area contributed by atoms with Crippen molar-refractivity contribution in [2.45, 2.75) is 12.8 Å². The molecule has 0 spiro atoms. The van der Waals surface area contributed by atoms with Gasteiger partial charge in [0.05, 0.1) is 0 Å². The standard InChI is InChI=1S/C16H16ClFN2S/c17-13-8-6-12(7-9-13)3-2-10-19-16(21)20-15-5-1-4-14(18)11-15/h1,4-9,11H,2-3,10H2,(H2,19,20,21). The van der Waals surface area contributed by atoms with Crippen molar-refractivity contribution in [3.8, 4) is 0 Å². The van der Waals surface area contributed by atoms with Gasteiger partial charge < -0.3 is 10.6 Å². The molecule has 0 amide bonds. The number of hydrogen-bond acceptors (Lipinski definition) is 1. The lowest BCUT2D eigenvalue weighted by Crippen LogP contribution is -2.29. The Hall–Kier alpha value is -1.65. The van der Waals surface area contributed by atoms with Gasteiger partial charge in [0, 0.05) is 17.3 Å². The van der Waals surface area contributed by atoms with Crippen molar-refractivity contribution < 1.29 is 4.39 Å². The largest absolute Gasteiger partial charge is 0.362 e. The first-order valence-electron chi connectivity index (χ1n) is 6.68. The second kappa shape index (κ2) is 7.96. The smallest absolute Gasteiger partial charge is 0.170 e. The fourth-order valence-electron chi connectivity index (χ4n) is 1.89. The van der Waals surface area contributed by atoms with Crippen LogP contribution in [0.25, 0.3) is 0 Å². The Morgan fingerprint density at radius 3 is 2.62 bits per heavy atom. The SMILES string of the molecule is Fc1cccc(NC(=S)NCCCc2ccc(Cl)cc2)c1. The summed E-state index contributed by atoms with van der Waals surface area (Å²) in [4.78, 5) is 0. The molecule has 0 atom stereocenters. The monoisotopic (exact) mass is 322 g/mol. The van der Waals surface area contributed by atoms with E-state index in [4.69, 9.17) is 23.8 Å². The number of anilines is 1. The molecule has 0 heterocycles. The van der Waals surface area contributed by atoms with Crippen LogP contribution in [0.15, 0.2) is 48.5 Å². The summed E-state index contributed by atoms with van der Waals surface area (Å²) in [6.45, 7) is 0.754. The van der Waals surface area contributed by atoms with E-state index in [0.29, 0.717) is 10.8 Å². The maximum Gasteiger partial charge on any atom is 0.170 e. The molecule has 2 aromatic carbocycles. The Morgan fingerprint density at radius 2 is 1.90 bits per heavy atom. The van der Waals surface area contributed by atoms with Crippen molar-refractivity contribution in [1.29, 1.82) is 0 Å². The maximum atomic E-state index is 13.0. The Morgan fingerprint density at radius 1 is 1.14 bits per heavy atom.